The van der Waals surface area contributed by atoms with Crippen LogP contribution in [0, 0.1) is 0 Å². The zero-order valence-electron chi connectivity index (χ0n) is 57.7. The lowest BCUT2D eigenvalue weighted by atomic mass is 10.0. The number of hydrogen-bond donors (Lipinski definition) is 3. The Morgan fingerprint density at radius 2 is 0.488 bits per heavy atom. The molecule has 0 aromatic carbocycles. The summed E-state index contributed by atoms with van der Waals surface area (Å²) in [6, 6.07) is -0.537. The van der Waals surface area contributed by atoms with E-state index in [2.05, 4.69) is 19.2 Å². The largest absolute Gasteiger partial charge is 0.466 e. The molecular weight excluding hydrogens is 1030 g/mol. The Bertz CT molecular complexity index is 1230. The summed E-state index contributed by atoms with van der Waals surface area (Å²) in [5.74, 6) is 0.00149. The normalized spacial score (nSPS) is 12.4. The lowest BCUT2D eigenvalue weighted by molar-refractivity contribution is -0.143. The highest BCUT2D eigenvalue weighted by atomic mass is 16.5. The van der Waals surface area contributed by atoms with Crippen LogP contribution < -0.4 is 5.32 Å². The number of nitrogens with one attached hydrogen (secondary N) is 1. The van der Waals surface area contributed by atoms with Crippen molar-refractivity contribution in [1.82, 2.24) is 5.32 Å². The molecule has 0 aromatic heterocycles. The summed E-state index contributed by atoms with van der Waals surface area (Å²) in [6.07, 6.45) is 91.9. The summed E-state index contributed by atoms with van der Waals surface area (Å²) in [5, 5.41) is 23.4. The van der Waals surface area contributed by atoms with Gasteiger partial charge in [-0.3, -0.25) is 9.59 Å². The Morgan fingerprint density at radius 1 is 0.286 bits per heavy atom. The maximum absolute atomic E-state index is 12.6. The number of aliphatic hydroxyl groups is 2. The van der Waals surface area contributed by atoms with Gasteiger partial charge in [-0.2, -0.15) is 0 Å². The molecule has 1 amide bonds. The topological polar surface area (TPSA) is 95.9 Å². The van der Waals surface area contributed by atoms with Gasteiger partial charge in [-0.05, 0) is 25.7 Å². The Balaban J connectivity index is 3.30. The van der Waals surface area contributed by atoms with Crippen LogP contribution in [0.15, 0.2) is 0 Å². The number of rotatable bonds is 75. The van der Waals surface area contributed by atoms with Crippen LogP contribution in [0.25, 0.3) is 0 Å². The molecule has 0 bridgehead atoms. The zero-order chi connectivity index (χ0) is 60.6. The highest BCUT2D eigenvalue weighted by Gasteiger charge is 2.20. The van der Waals surface area contributed by atoms with E-state index in [1.807, 2.05) is 0 Å². The maximum Gasteiger partial charge on any atom is 0.305 e. The van der Waals surface area contributed by atoms with Crippen LogP contribution in [0.1, 0.15) is 463 Å². The van der Waals surface area contributed by atoms with E-state index in [0.29, 0.717) is 25.9 Å². The SMILES string of the molecule is CCCCCCCCCCCCCCCCCCCCCC(O)C(CO)NC(=O)CCCCCCCCCCCCCCCCCCCCCCCCCCCCCCCCCCCOC(=O)CCCCCCCCCCCCCCCCC. The van der Waals surface area contributed by atoms with Gasteiger partial charge in [0.2, 0.25) is 5.91 Å². The van der Waals surface area contributed by atoms with E-state index in [4.69, 9.17) is 4.74 Å². The summed E-state index contributed by atoms with van der Waals surface area (Å²) in [4.78, 5) is 24.6. The van der Waals surface area contributed by atoms with Gasteiger partial charge < -0.3 is 20.3 Å². The third-order valence-electron chi connectivity index (χ3n) is 18.9. The first kappa shape index (κ1) is 82.9. The fraction of sp³-hybridized carbons (Fsp3) is 0.974. The summed E-state index contributed by atoms with van der Waals surface area (Å²) in [6.45, 7) is 5.02. The molecule has 6 nitrogen and oxygen atoms in total. The van der Waals surface area contributed by atoms with E-state index in [1.54, 1.807) is 0 Å². The van der Waals surface area contributed by atoms with Crippen LogP contribution in [0.2, 0.25) is 0 Å². The maximum atomic E-state index is 12.6. The van der Waals surface area contributed by atoms with Gasteiger partial charge in [-0.25, -0.2) is 0 Å². The van der Waals surface area contributed by atoms with Crippen molar-refractivity contribution >= 4 is 11.9 Å². The predicted octanol–water partition coefficient (Wildman–Crippen LogP) is 25.7. The number of hydrogen-bond acceptors (Lipinski definition) is 5. The molecule has 2 unspecified atom stereocenters. The van der Waals surface area contributed by atoms with Crippen LogP contribution in [-0.4, -0.2) is 47.4 Å². The van der Waals surface area contributed by atoms with Crippen molar-refractivity contribution in [2.75, 3.05) is 13.2 Å². The minimum Gasteiger partial charge on any atom is -0.466 e. The molecule has 84 heavy (non-hydrogen) atoms. The smallest absolute Gasteiger partial charge is 0.305 e. The van der Waals surface area contributed by atoms with E-state index in [-0.39, 0.29) is 18.5 Å². The van der Waals surface area contributed by atoms with Crippen LogP contribution >= 0.6 is 0 Å². The number of aliphatic hydroxyl groups excluding tert-OH is 2. The number of carbonyl (C=O) groups excluding carboxylic acids is 2. The van der Waals surface area contributed by atoms with E-state index in [1.165, 1.54) is 392 Å². The molecule has 0 radical (unpaired) electrons. The molecule has 0 aliphatic heterocycles. The van der Waals surface area contributed by atoms with E-state index < -0.39 is 12.1 Å². The van der Waals surface area contributed by atoms with Crippen LogP contribution in [-0.2, 0) is 14.3 Å². The number of ether oxygens (including phenoxy) is 1. The molecule has 0 aliphatic carbocycles. The molecular formula is C78H155NO5. The van der Waals surface area contributed by atoms with Crippen molar-refractivity contribution in [3.8, 4) is 0 Å². The molecule has 502 valence electrons. The fourth-order valence-corrected chi connectivity index (χ4v) is 12.9. The third-order valence-corrected chi connectivity index (χ3v) is 18.9. The van der Waals surface area contributed by atoms with Gasteiger partial charge in [0, 0.05) is 12.8 Å². The molecule has 3 N–H and O–H groups in total. The monoisotopic (exact) mass is 1190 g/mol. The quantitative estimate of drug-likeness (QED) is 0.0417. The Hall–Kier alpha value is -1.14. The van der Waals surface area contributed by atoms with Gasteiger partial charge in [0.25, 0.3) is 0 Å². The van der Waals surface area contributed by atoms with Crippen molar-refractivity contribution in [2.45, 2.75) is 475 Å². The Labute approximate surface area is 527 Å². The molecule has 0 saturated heterocycles. The minimum absolute atomic E-state index is 0.0246. The molecule has 0 aromatic rings. The summed E-state index contributed by atoms with van der Waals surface area (Å²) in [5.41, 5.74) is 0. The van der Waals surface area contributed by atoms with Crippen molar-refractivity contribution in [2.24, 2.45) is 0 Å². The average Bonchev–Trinajstić information content (AvgIpc) is 3.52. The van der Waals surface area contributed by atoms with Crippen LogP contribution in [0.5, 0.6) is 0 Å². The molecule has 2 atom stereocenters. The number of amides is 1. The fourth-order valence-electron chi connectivity index (χ4n) is 12.9. The lowest BCUT2D eigenvalue weighted by Crippen LogP contribution is -2.45. The summed E-state index contributed by atoms with van der Waals surface area (Å²) >= 11 is 0. The number of unbranched alkanes of at least 4 members (excludes halogenated alkanes) is 64. The number of carbonyl (C=O) groups is 2. The highest BCUT2D eigenvalue weighted by molar-refractivity contribution is 5.76. The molecule has 0 rings (SSSR count). The number of esters is 1. The first-order valence-corrected chi connectivity index (χ1v) is 39.3. The molecule has 0 aliphatic rings. The molecule has 0 saturated carbocycles. The van der Waals surface area contributed by atoms with Gasteiger partial charge in [0.05, 0.1) is 25.4 Å². The second-order valence-electron chi connectivity index (χ2n) is 27.4. The van der Waals surface area contributed by atoms with Crippen molar-refractivity contribution < 1.29 is 24.5 Å². The van der Waals surface area contributed by atoms with Gasteiger partial charge in [0.15, 0.2) is 0 Å². The second-order valence-corrected chi connectivity index (χ2v) is 27.4. The molecule has 6 heteroatoms. The standard InChI is InChI=1S/C78H155NO5/c1-3-5-7-9-11-13-15-17-19-20-36-39-43-46-50-54-58-62-66-70-76(81)75(74-80)79-77(82)71-67-63-59-55-51-47-44-40-37-34-32-30-28-26-24-22-21-23-25-27-29-31-33-35-38-41-45-49-53-57-61-65-69-73-84-78(83)72-68-64-60-56-52-48-42-18-16-14-12-10-8-6-4-2/h75-76,80-81H,3-74H2,1-2H3,(H,79,82). The Morgan fingerprint density at radius 3 is 0.726 bits per heavy atom. The van der Waals surface area contributed by atoms with E-state index in [0.717, 1.165) is 38.5 Å². The van der Waals surface area contributed by atoms with Crippen molar-refractivity contribution in [3.63, 3.8) is 0 Å². The van der Waals surface area contributed by atoms with E-state index >= 15 is 0 Å². The highest BCUT2D eigenvalue weighted by Crippen LogP contribution is 2.21. The zero-order valence-corrected chi connectivity index (χ0v) is 57.7. The minimum atomic E-state index is -0.661. The van der Waals surface area contributed by atoms with Gasteiger partial charge >= 0.3 is 5.97 Å². The third kappa shape index (κ3) is 70.0. The summed E-state index contributed by atoms with van der Waals surface area (Å²) in [7, 11) is 0. The van der Waals surface area contributed by atoms with Crippen LogP contribution in [0.3, 0.4) is 0 Å². The average molecular weight is 1190 g/mol. The summed E-state index contributed by atoms with van der Waals surface area (Å²) < 4.78 is 5.51. The van der Waals surface area contributed by atoms with Gasteiger partial charge in [0.1, 0.15) is 0 Å². The molecule has 0 heterocycles. The van der Waals surface area contributed by atoms with Crippen molar-refractivity contribution in [1.29, 1.82) is 0 Å². The van der Waals surface area contributed by atoms with Gasteiger partial charge in [-0.15, -0.1) is 0 Å². The Kier molecular flexibility index (Phi) is 73.3. The molecule has 0 spiro atoms. The van der Waals surface area contributed by atoms with Crippen LogP contribution in [0.4, 0.5) is 0 Å². The van der Waals surface area contributed by atoms with Crippen molar-refractivity contribution in [3.05, 3.63) is 0 Å². The van der Waals surface area contributed by atoms with E-state index in [9.17, 15) is 19.8 Å². The lowest BCUT2D eigenvalue weighted by Gasteiger charge is -2.22. The van der Waals surface area contributed by atoms with Gasteiger partial charge in [-0.1, -0.05) is 425 Å². The molecule has 0 fully saturated rings. The predicted molar refractivity (Wildman–Crippen MR) is 371 cm³/mol. The second kappa shape index (κ2) is 74.3. The first-order chi connectivity index (χ1) is 41.5. The first-order valence-electron chi connectivity index (χ1n) is 39.3.